The lowest BCUT2D eigenvalue weighted by molar-refractivity contribution is -0.385. The highest BCUT2D eigenvalue weighted by atomic mass is 16.6. The van der Waals surface area contributed by atoms with Crippen LogP contribution >= 0.6 is 0 Å². The monoisotopic (exact) mass is 312 g/mol. The van der Waals surface area contributed by atoms with Gasteiger partial charge in [0.15, 0.2) is 0 Å². The van der Waals surface area contributed by atoms with Crippen molar-refractivity contribution < 1.29 is 14.5 Å². The van der Waals surface area contributed by atoms with Gasteiger partial charge in [-0.3, -0.25) is 35.5 Å². The van der Waals surface area contributed by atoms with E-state index in [4.69, 9.17) is 0 Å². The molecule has 0 spiro atoms. The van der Waals surface area contributed by atoms with Crippen LogP contribution in [0.2, 0.25) is 0 Å². The summed E-state index contributed by atoms with van der Waals surface area (Å²) >= 11 is 0. The first-order valence-corrected chi connectivity index (χ1v) is 6.50. The molecule has 2 amide bonds. The normalized spacial score (nSPS) is 10.3. The summed E-state index contributed by atoms with van der Waals surface area (Å²) in [5, 5.41) is 10.8. The molecule has 0 unspecified atom stereocenters. The molecule has 0 aliphatic heterocycles. The lowest BCUT2D eigenvalue weighted by Gasteiger charge is -2.04. The Morgan fingerprint density at radius 3 is 2.48 bits per heavy atom. The Hall–Kier alpha value is -3.55. The maximum Gasteiger partial charge on any atom is 0.276 e. The average Bonchev–Trinajstić information content (AvgIpc) is 2.58. The second-order valence-electron chi connectivity index (χ2n) is 4.33. The summed E-state index contributed by atoms with van der Waals surface area (Å²) in [5.74, 6) is -1.12. The number of benzene rings is 1. The van der Waals surface area contributed by atoms with E-state index < -0.39 is 16.7 Å². The summed E-state index contributed by atoms with van der Waals surface area (Å²) in [6.07, 6.45) is 5.29. The van der Waals surface area contributed by atoms with Crippen LogP contribution in [0.5, 0.6) is 0 Å². The summed E-state index contributed by atoms with van der Waals surface area (Å²) in [4.78, 5) is 37.4. The molecule has 0 aliphatic carbocycles. The molecule has 23 heavy (non-hydrogen) atoms. The topological polar surface area (TPSA) is 114 Å². The fourth-order valence-electron chi connectivity index (χ4n) is 1.70. The molecule has 8 heteroatoms. The van der Waals surface area contributed by atoms with Gasteiger partial charge in [-0.15, -0.1) is 0 Å². The first-order valence-electron chi connectivity index (χ1n) is 6.50. The minimum absolute atomic E-state index is 0.114. The van der Waals surface area contributed by atoms with Gasteiger partial charge in [-0.05, 0) is 24.3 Å². The predicted molar refractivity (Wildman–Crippen MR) is 82.0 cm³/mol. The van der Waals surface area contributed by atoms with E-state index in [2.05, 4.69) is 15.8 Å². The Labute approximate surface area is 131 Å². The lowest BCUT2D eigenvalue weighted by Crippen LogP contribution is -2.40. The van der Waals surface area contributed by atoms with Gasteiger partial charge < -0.3 is 0 Å². The van der Waals surface area contributed by atoms with Crippen LogP contribution < -0.4 is 10.9 Å². The number of rotatable bonds is 4. The standard InChI is InChI=1S/C15H12N4O4/c20-14(17-18-15(21)12-7-9-16-10-8-12)6-5-11-3-1-2-4-13(11)19(22)23/h1-10H,(H,17,20)(H,18,21). The van der Waals surface area contributed by atoms with Crippen molar-refractivity contribution in [1.82, 2.24) is 15.8 Å². The van der Waals surface area contributed by atoms with Crippen molar-refractivity contribution in [2.24, 2.45) is 0 Å². The zero-order valence-corrected chi connectivity index (χ0v) is 11.8. The molecule has 0 aliphatic rings. The number of carbonyl (C=O) groups excluding carboxylic acids is 2. The minimum Gasteiger partial charge on any atom is -0.268 e. The molecule has 0 radical (unpaired) electrons. The molecule has 2 rings (SSSR count). The molecular weight excluding hydrogens is 300 g/mol. The fourth-order valence-corrected chi connectivity index (χ4v) is 1.70. The largest absolute Gasteiger partial charge is 0.276 e. The van der Waals surface area contributed by atoms with Crippen molar-refractivity contribution in [3.63, 3.8) is 0 Å². The number of pyridine rings is 1. The van der Waals surface area contributed by atoms with Crippen LogP contribution in [0.25, 0.3) is 6.08 Å². The molecule has 0 atom stereocenters. The summed E-state index contributed by atoms with van der Waals surface area (Å²) in [6, 6.07) is 8.98. The van der Waals surface area contributed by atoms with E-state index in [0.29, 0.717) is 5.56 Å². The number of aromatic nitrogens is 1. The molecule has 2 N–H and O–H groups in total. The van der Waals surface area contributed by atoms with Crippen molar-refractivity contribution in [2.75, 3.05) is 0 Å². The number of nitrogens with one attached hydrogen (secondary N) is 2. The van der Waals surface area contributed by atoms with Gasteiger partial charge in [-0.1, -0.05) is 12.1 Å². The zero-order valence-electron chi connectivity index (χ0n) is 11.8. The molecule has 1 heterocycles. The van der Waals surface area contributed by atoms with Crippen molar-refractivity contribution in [2.45, 2.75) is 0 Å². The highest BCUT2D eigenvalue weighted by molar-refractivity contribution is 5.97. The Balaban J connectivity index is 1.95. The van der Waals surface area contributed by atoms with Gasteiger partial charge in [-0.25, -0.2) is 0 Å². The second-order valence-corrected chi connectivity index (χ2v) is 4.33. The summed E-state index contributed by atoms with van der Waals surface area (Å²) < 4.78 is 0. The quantitative estimate of drug-likeness (QED) is 0.504. The number of carbonyl (C=O) groups is 2. The van der Waals surface area contributed by atoms with Gasteiger partial charge in [0.2, 0.25) is 0 Å². The molecular formula is C15H12N4O4. The van der Waals surface area contributed by atoms with Gasteiger partial charge >= 0.3 is 0 Å². The van der Waals surface area contributed by atoms with E-state index in [1.54, 1.807) is 6.07 Å². The zero-order chi connectivity index (χ0) is 16.7. The van der Waals surface area contributed by atoms with E-state index in [1.807, 2.05) is 0 Å². The van der Waals surface area contributed by atoms with Crippen molar-refractivity contribution in [1.29, 1.82) is 0 Å². The van der Waals surface area contributed by atoms with E-state index in [9.17, 15) is 19.7 Å². The SMILES string of the molecule is O=C(C=Cc1ccccc1[N+](=O)[O-])NNC(=O)c1ccncc1. The van der Waals surface area contributed by atoms with Gasteiger partial charge in [0.1, 0.15) is 0 Å². The van der Waals surface area contributed by atoms with Crippen LogP contribution in [0, 0.1) is 10.1 Å². The van der Waals surface area contributed by atoms with E-state index in [0.717, 1.165) is 6.08 Å². The Bertz CT molecular complexity index is 759. The van der Waals surface area contributed by atoms with Crippen molar-refractivity contribution in [3.05, 3.63) is 76.1 Å². The smallest absolute Gasteiger partial charge is 0.268 e. The van der Waals surface area contributed by atoms with Crippen LogP contribution in [-0.2, 0) is 4.79 Å². The van der Waals surface area contributed by atoms with Crippen LogP contribution in [0.1, 0.15) is 15.9 Å². The Kier molecular flexibility index (Phi) is 5.13. The third kappa shape index (κ3) is 4.46. The number of hydrogen-bond donors (Lipinski definition) is 2. The molecule has 1 aromatic carbocycles. The van der Waals surface area contributed by atoms with Gasteiger partial charge in [0, 0.05) is 30.1 Å². The molecule has 8 nitrogen and oxygen atoms in total. The van der Waals surface area contributed by atoms with Crippen molar-refractivity contribution in [3.8, 4) is 0 Å². The average molecular weight is 312 g/mol. The Morgan fingerprint density at radius 1 is 1.09 bits per heavy atom. The third-order valence-electron chi connectivity index (χ3n) is 2.79. The van der Waals surface area contributed by atoms with Gasteiger partial charge in [0.05, 0.1) is 10.5 Å². The third-order valence-corrected chi connectivity index (χ3v) is 2.79. The number of nitrogens with zero attached hydrogens (tertiary/aromatic N) is 2. The van der Waals surface area contributed by atoms with Crippen LogP contribution in [0.3, 0.4) is 0 Å². The van der Waals surface area contributed by atoms with Crippen LogP contribution in [0.4, 0.5) is 5.69 Å². The molecule has 0 saturated carbocycles. The maximum atomic E-state index is 11.7. The summed E-state index contributed by atoms with van der Waals surface area (Å²) in [5.41, 5.74) is 4.91. The number of nitro benzene ring substituents is 1. The number of para-hydroxylation sites is 1. The second kappa shape index (κ2) is 7.46. The molecule has 0 fully saturated rings. The highest BCUT2D eigenvalue weighted by Gasteiger charge is 2.10. The van der Waals surface area contributed by atoms with Gasteiger partial charge in [-0.2, -0.15) is 0 Å². The van der Waals surface area contributed by atoms with E-state index in [1.165, 1.54) is 48.8 Å². The highest BCUT2D eigenvalue weighted by Crippen LogP contribution is 2.18. The molecule has 2 aromatic rings. The maximum absolute atomic E-state index is 11.7. The summed E-state index contributed by atoms with van der Waals surface area (Å²) in [7, 11) is 0. The predicted octanol–water partition coefficient (Wildman–Crippen LogP) is 1.46. The molecule has 1 aromatic heterocycles. The number of nitro groups is 1. The molecule has 0 saturated heterocycles. The number of amides is 2. The van der Waals surface area contributed by atoms with Crippen LogP contribution in [0.15, 0.2) is 54.9 Å². The number of hydrazine groups is 1. The van der Waals surface area contributed by atoms with E-state index >= 15 is 0 Å². The summed E-state index contributed by atoms with van der Waals surface area (Å²) in [6.45, 7) is 0. The van der Waals surface area contributed by atoms with Gasteiger partial charge in [0.25, 0.3) is 17.5 Å². The first-order chi connectivity index (χ1) is 11.1. The lowest BCUT2D eigenvalue weighted by atomic mass is 10.1. The van der Waals surface area contributed by atoms with Crippen LogP contribution in [-0.4, -0.2) is 21.7 Å². The minimum atomic E-state index is -0.620. The number of hydrogen-bond acceptors (Lipinski definition) is 5. The Morgan fingerprint density at radius 2 is 1.78 bits per heavy atom. The first kappa shape index (κ1) is 15.8. The van der Waals surface area contributed by atoms with Crippen molar-refractivity contribution >= 4 is 23.6 Å². The molecule has 116 valence electrons. The fraction of sp³-hybridized carbons (Fsp3) is 0. The molecule has 0 bridgehead atoms. The van der Waals surface area contributed by atoms with E-state index in [-0.39, 0.29) is 11.3 Å².